The second-order valence-corrected chi connectivity index (χ2v) is 21.5. The van der Waals surface area contributed by atoms with Gasteiger partial charge in [0.05, 0.1) is 52.5 Å². The maximum atomic E-state index is 12.0. The van der Waals surface area contributed by atoms with Gasteiger partial charge in [-0.25, -0.2) is 9.55 Å². The minimum absolute atomic E-state index is 0.0348. The first kappa shape index (κ1) is 59.2. The Kier molecular flexibility index (Phi) is 20.9. The zero-order chi connectivity index (χ0) is 57.4. The van der Waals surface area contributed by atoms with Gasteiger partial charge in [-0.1, -0.05) is 66.7 Å². The van der Waals surface area contributed by atoms with Crippen LogP contribution < -0.4 is 49.3 Å². The molecular formula is C63H85N12O7+. The molecule has 0 aliphatic carbocycles. The number of carbonyl (C=O) groups is 1. The van der Waals surface area contributed by atoms with E-state index >= 15 is 0 Å². The van der Waals surface area contributed by atoms with Crippen LogP contribution in [0, 0.1) is 6.92 Å². The van der Waals surface area contributed by atoms with Gasteiger partial charge in [0.25, 0.3) is 5.82 Å². The molecular weight excluding hydrogens is 1040 g/mol. The summed E-state index contributed by atoms with van der Waals surface area (Å²) in [6.45, 7) is 15.5. The van der Waals surface area contributed by atoms with Crippen LogP contribution in [0.1, 0.15) is 49.3 Å². The van der Waals surface area contributed by atoms with Crippen molar-refractivity contribution in [3.63, 3.8) is 0 Å². The lowest BCUT2D eigenvalue weighted by molar-refractivity contribution is -0.717. The van der Waals surface area contributed by atoms with Gasteiger partial charge in [-0.15, -0.1) is 4.68 Å². The van der Waals surface area contributed by atoms with E-state index in [1.807, 2.05) is 60.5 Å². The molecule has 0 bridgehead atoms. The molecule has 0 saturated carbocycles. The summed E-state index contributed by atoms with van der Waals surface area (Å²) in [4.78, 5) is 32.6. The van der Waals surface area contributed by atoms with Crippen LogP contribution in [0.2, 0.25) is 0 Å². The second-order valence-electron chi connectivity index (χ2n) is 21.5. The summed E-state index contributed by atoms with van der Waals surface area (Å²) < 4.78 is 32.0. The smallest absolute Gasteiger partial charge is 0.278 e. The Balaban J connectivity index is 0.000000149. The van der Waals surface area contributed by atoms with E-state index in [9.17, 15) is 9.90 Å². The van der Waals surface area contributed by atoms with E-state index in [1.54, 1.807) is 33.5 Å². The number of hydrogen-bond donors (Lipinski definition) is 3. The van der Waals surface area contributed by atoms with Crippen molar-refractivity contribution in [2.45, 2.75) is 70.6 Å². The van der Waals surface area contributed by atoms with E-state index in [4.69, 9.17) is 34.5 Å². The van der Waals surface area contributed by atoms with Crippen LogP contribution in [-0.2, 0) is 36.0 Å². The van der Waals surface area contributed by atoms with E-state index in [0.717, 1.165) is 119 Å². The van der Waals surface area contributed by atoms with Crippen molar-refractivity contribution >= 4 is 50.7 Å². The van der Waals surface area contributed by atoms with Crippen molar-refractivity contribution in [3.05, 3.63) is 120 Å². The molecule has 4 N–H and O–H groups in total. The normalized spacial score (nSPS) is 16.8. The maximum Gasteiger partial charge on any atom is 0.278 e. The number of anilines is 4. The fourth-order valence-electron chi connectivity index (χ4n) is 11.4. The lowest BCUT2D eigenvalue weighted by Crippen LogP contribution is -2.49. The molecule has 3 saturated heterocycles. The summed E-state index contributed by atoms with van der Waals surface area (Å²) in [6, 6.07) is 34.6. The summed E-state index contributed by atoms with van der Waals surface area (Å²) in [5, 5.41) is 21.1. The molecule has 4 aliphatic heterocycles. The first-order valence-electron chi connectivity index (χ1n) is 29.2. The molecule has 19 nitrogen and oxygen atoms in total. The summed E-state index contributed by atoms with van der Waals surface area (Å²) in [6.07, 6.45) is 6.52. The molecule has 2 unspecified atom stereocenters. The largest absolute Gasteiger partial charge is 0.495 e. The fourth-order valence-corrected chi connectivity index (χ4v) is 11.4. The number of amides is 1. The van der Waals surface area contributed by atoms with E-state index in [0.29, 0.717) is 67.0 Å². The predicted molar refractivity (Wildman–Crippen MR) is 324 cm³/mol. The molecule has 0 spiro atoms. The van der Waals surface area contributed by atoms with Crippen LogP contribution in [-0.4, -0.2) is 173 Å². The third kappa shape index (κ3) is 15.2. The van der Waals surface area contributed by atoms with Crippen molar-refractivity contribution < 1.29 is 38.2 Å². The van der Waals surface area contributed by atoms with Gasteiger partial charge in [-0.3, -0.25) is 14.6 Å². The molecule has 2 atom stereocenters. The van der Waals surface area contributed by atoms with E-state index in [-0.39, 0.29) is 12.0 Å². The zero-order valence-electron chi connectivity index (χ0n) is 49.0. The zero-order valence-corrected chi connectivity index (χ0v) is 49.0. The number of aryl methyl sites for hydroxylation is 2. The number of nitrogen functional groups attached to an aromatic ring is 1. The standard InChI is InChI=1S/C24H28N2O3.C20H30N5.C19H27N5O4/c1-28-24-11-5-4-10-22(24)26-15-13-25(14-16-26)17-20(27)18-29-23-12-6-8-19-7-2-3-9-21(19)23;1-17-7-3-4-8-18(17)24-15-13-23(14-16-24)12-10-19-21-22(2)20-9-5-6-11-25(19)20;1-24(8-5-7-21-18(25)14-6-4-9-28-14)19-22-13-11-16(27-3)15(26-2)10-12(13)17(20)23-19/h2-12,20,27H,13-18H2,1H3;3-4,7-8H,5-6,9-16H2,1-2H3;10-11,14H,4-9H2,1-3H3,(H,21,25)(H2,20,22,23)/q;+1;. The fraction of sp³-hybridized carbons (Fsp3) is 0.476. The number of β-amino-alcohol motifs (C(OH)–C–C–N with tert-alkyl or cyclic N) is 1. The lowest BCUT2D eigenvalue weighted by Gasteiger charge is -2.37. The van der Waals surface area contributed by atoms with Crippen molar-refractivity contribution in [1.82, 2.24) is 34.9 Å². The van der Waals surface area contributed by atoms with Crippen LogP contribution in [0.3, 0.4) is 0 Å². The van der Waals surface area contributed by atoms with Gasteiger partial charge in [0.2, 0.25) is 17.7 Å². The van der Waals surface area contributed by atoms with Crippen LogP contribution in [0.25, 0.3) is 21.7 Å². The number of carbonyl (C=O) groups excluding carboxylic acids is 1. The van der Waals surface area contributed by atoms with Gasteiger partial charge in [-0.2, -0.15) is 4.98 Å². The molecule has 3 fully saturated rings. The third-order valence-corrected chi connectivity index (χ3v) is 16.0. The maximum absolute atomic E-state index is 12.0. The Morgan fingerprint density at radius 3 is 2.21 bits per heavy atom. The van der Waals surface area contributed by atoms with Gasteiger partial charge in [-0.05, 0) is 80.3 Å². The van der Waals surface area contributed by atoms with Crippen LogP contribution in [0.5, 0.6) is 23.0 Å². The topological polar surface area (TPSA) is 185 Å². The molecule has 4 aliphatic rings. The minimum Gasteiger partial charge on any atom is -0.495 e. The highest BCUT2D eigenvalue weighted by Crippen LogP contribution is 2.34. The number of rotatable bonds is 19. The quantitative estimate of drug-likeness (QED) is 0.0590. The molecule has 7 aromatic rings. The molecule has 19 heteroatoms. The highest BCUT2D eigenvalue weighted by atomic mass is 16.5. The Morgan fingerprint density at radius 1 is 0.793 bits per heavy atom. The number of para-hydroxylation sites is 3. The third-order valence-electron chi connectivity index (χ3n) is 16.0. The number of nitrogens with two attached hydrogens (primary N) is 1. The Bertz CT molecular complexity index is 3170. The van der Waals surface area contributed by atoms with Crippen molar-refractivity contribution in [3.8, 4) is 23.0 Å². The number of benzene rings is 5. The van der Waals surface area contributed by atoms with Crippen LogP contribution >= 0.6 is 0 Å². The van der Waals surface area contributed by atoms with Gasteiger partial charge in [0, 0.05) is 126 Å². The van der Waals surface area contributed by atoms with Crippen molar-refractivity contribution in [2.75, 3.05) is 141 Å². The van der Waals surface area contributed by atoms with Gasteiger partial charge in [0.1, 0.15) is 36.1 Å². The number of piperazine rings is 2. The van der Waals surface area contributed by atoms with Crippen LogP contribution in [0.15, 0.2) is 103 Å². The highest BCUT2D eigenvalue weighted by Gasteiger charge is 2.28. The monoisotopic (exact) mass is 1120 g/mol. The average Bonchev–Trinajstić information content (AvgIpc) is 4.22. The minimum atomic E-state index is -0.522. The van der Waals surface area contributed by atoms with Crippen molar-refractivity contribution in [2.24, 2.45) is 7.05 Å². The number of aliphatic hydroxyl groups excluding tert-OH is 1. The number of nitrogens with zero attached hydrogens (tertiary/aromatic N) is 10. The molecule has 1 amide bonds. The number of methoxy groups -OCH3 is 3. The second kappa shape index (κ2) is 29.0. The molecule has 5 aromatic carbocycles. The van der Waals surface area contributed by atoms with E-state index < -0.39 is 6.10 Å². The van der Waals surface area contributed by atoms with E-state index in [2.05, 4.69) is 101 Å². The Labute approximate surface area is 483 Å². The highest BCUT2D eigenvalue weighted by molar-refractivity contribution is 5.92. The van der Waals surface area contributed by atoms with Gasteiger partial charge >= 0.3 is 0 Å². The first-order valence-corrected chi connectivity index (χ1v) is 29.2. The van der Waals surface area contributed by atoms with Crippen LogP contribution in [0.4, 0.5) is 23.1 Å². The number of aromatic nitrogens is 5. The molecule has 82 heavy (non-hydrogen) atoms. The lowest BCUT2D eigenvalue weighted by atomic mass is 10.1. The number of hydrogen-bond acceptors (Lipinski definition) is 16. The Hall–Kier alpha value is -7.45. The molecule has 0 radical (unpaired) electrons. The van der Waals surface area contributed by atoms with Crippen molar-refractivity contribution in [1.29, 1.82) is 0 Å². The number of ether oxygens (including phenoxy) is 5. The summed E-state index contributed by atoms with van der Waals surface area (Å²) in [5.74, 6) is 6.43. The summed E-state index contributed by atoms with van der Waals surface area (Å²) >= 11 is 0. The summed E-state index contributed by atoms with van der Waals surface area (Å²) in [5.41, 5.74) is 10.7. The summed E-state index contributed by atoms with van der Waals surface area (Å²) in [7, 11) is 8.85. The number of fused-ring (bicyclic) bond motifs is 3. The van der Waals surface area contributed by atoms with E-state index in [1.165, 1.54) is 42.2 Å². The van der Waals surface area contributed by atoms with Gasteiger partial charge in [0.15, 0.2) is 11.5 Å². The number of nitrogens with one attached hydrogen (secondary N) is 1. The number of aliphatic hydroxyl groups is 1. The predicted octanol–water partition coefficient (Wildman–Crippen LogP) is 6.48. The SMILES string of the molecule is COc1cc2nc(N(C)CCCNC(=O)C3CCCO3)nc(N)c2cc1OC.COc1ccccc1N1CCN(CC(O)COc2cccc3ccccc23)CC1.Cc1ccccc1N1CCN(CCc2nn(C)c3[n+]2CCCC3)CC1. The Morgan fingerprint density at radius 2 is 1.46 bits per heavy atom. The molecule has 2 aromatic heterocycles. The average molecular weight is 1120 g/mol. The molecule has 11 rings (SSSR count). The first-order chi connectivity index (χ1) is 40.0. The molecule has 6 heterocycles. The molecule has 438 valence electrons. The van der Waals surface area contributed by atoms with Gasteiger partial charge < -0.3 is 54.5 Å².